The highest BCUT2D eigenvalue weighted by Gasteiger charge is 2.35. The molecule has 6 heteroatoms. The maximum Gasteiger partial charge on any atom is 0.336 e. The first-order valence-corrected chi connectivity index (χ1v) is 12.2. The Hall–Kier alpha value is -1.14. The first kappa shape index (κ1) is 28.9. The van der Waals surface area contributed by atoms with Crippen LogP contribution in [0.25, 0.3) is 0 Å². The minimum absolute atomic E-state index is 0.247. The Bertz CT molecular complexity index is 375. The van der Waals surface area contributed by atoms with Crippen LogP contribution in [0.1, 0.15) is 117 Å². The SMILES string of the molecule is CCCCCCCCCCO[C@@H](C(=O)O)[C@@H](OCCCCCCCCCC)C(=O)O. The molecular weight excluding hydrogens is 384 g/mol. The fourth-order valence-corrected chi connectivity index (χ4v) is 3.47. The highest BCUT2D eigenvalue weighted by Crippen LogP contribution is 2.13. The molecule has 2 N–H and O–H groups in total. The number of hydrogen-bond acceptors (Lipinski definition) is 4. The van der Waals surface area contributed by atoms with E-state index in [1.807, 2.05) is 0 Å². The standard InChI is InChI=1S/C24H46O6/c1-3-5-7-9-11-13-15-17-19-29-21(23(25)26)22(24(27)28)30-20-18-16-14-12-10-8-6-4-2/h21-22H,3-20H2,1-2H3,(H,25,26)(H,27,28)/t21-,22-/m1/s1. The van der Waals surface area contributed by atoms with Gasteiger partial charge in [-0.05, 0) is 12.8 Å². The molecular formula is C24H46O6. The number of rotatable bonds is 23. The number of carboxylic acids is 2. The molecule has 0 saturated heterocycles. The lowest BCUT2D eigenvalue weighted by molar-refractivity contribution is -0.176. The van der Waals surface area contributed by atoms with Crippen LogP contribution in [-0.4, -0.2) is 47.6 Å². The van der Waals surface area contributed by atoms with Crippen molar-refractivity contribution < 1.29 is 29.3 Å². The van der Waals surface area contributed by atoms with Crippen LogP contribution < -0.4 is 0 Å². The van der Waals surface area contributed by atoms with Gasteiger partial charge < -0.3 is 19.7 Å². The Labute approximate surface area is 183 Å². The topological polar surface area (TPSA) is 93.1 Å². The van der Waals surface area contributed by atoms with Crippen molar-refractivity contribution in [3.8, 4) is 0 Å². The molecule has 0 aromatic rings. The van der Waals surface area contributed by atoms with Crippen molar-refractivity contribution in [2.24, 2.45) is 0 Å². The van der Waals surface area contributed by atoms with Crippen LogP contribution in [0, 0.1) is 0 Å². The first-order valence-electron chi connectivity index (χ1n) is 12.2. The number of aliphatic carboxylic acids is 2. The third-order valence-corrected chi connectivity index (χ3v) is 5.35. The summed E-state index contributed by atoms with van der Waals surface area (Å²) in [6.45, 7) is 4.88. The Morgan fingerprint density at radius 1 is 0.533 bits per heavy atom. The molecule has 0 rings (SSSR count). The largest absolute Gasteiger partial charge is 0.479 e. The summed E-state index contributed by atoms with van der Waals surface area (Å²) < 4.78 is 10.8. The van der Waals surface area contributed by atoms with E-state index in [1.165, 1.54) is 64.2 Å². The highest BCUT2D eigenvalue weighted by atomic mass is 16.6. The monoisotopic (exact) mass is 430 g/mol. The molecule has 2 atom stereocenters. The van der Waals surface area contributed by atoms with Crippen LogP contribution in [0.15, 0.2) is 0 Å². The number of unbranched alkanes of at least 4 members (excludes halogenated alkanes) is 14. The summed E-state index contributed by atoms with van der Waals surface area (Å²) in [5.74, 6) is -2.56. The van der Waals surface area contributed by atoms with Gasteiger partial charge in [0.25, 0.3) is 0 Å². The maximum absolute atomic E-state index is 11.5. The smallest absolute Gasteiger partial charge is 0.336 e. The van der Waals surface area contributed by atoms with Crippen LogP contribution in [0.5, 0.6) is 0 Å². The van der Waals surface area contributed by atoms with Crippen molar-refractivity contribution in [3.63, 3.8) is 0 Å². The molecule has 0 saturated carbocycles. The van der Waals surface area contributed by atoms with E-state index in [0.717, 1.165) is 38.5 Å². The molecule has 0 aliphatic heterocycles. The molecule has 0 aromatic heterocycles. The second kappa shape index (κ2) is 21.1. The zero-order valence-corrected chi connectivity index (χ0v) is 19.4. The zero-order chi connectivity index (χ0) is 22.5. The first-order chi connectivity index (χ1) is 14.5. The molecule has 0 amide bonds. The van der Waals surface area contributed by atoms with E-state index in [0.29, 0.717) is 0 Å². The summed E-state index contributed by atoms with van der Waals surface area (Å²) >= 11 is 0. The number of carbonyl (C=O) groups is 2. The van der Waals surface area contributed by atoms with Gasteiger partial charge in [-0.2, -0.15) is 0 Å². The van der Waals surface area contributed by atoms with Gasteiger partial charge in [0.1, 0.15) is 0 Å². The average Bonchev–Trinajstić information content (AvgIpc) is 2.71. The molecule has 0 spiro atoms. The van der Waals surface area contributed by atoms with Gasteiger partial charge in [0.2, 0.25) is 0 Å². The second-order valence-corrected chi connectivity index (χ2v) is 8.21. The van der Waals surface area contributed by atoms with Crippen molar-refractivity contribution in [2.45, 2.75) is 129 Å². The van der Waals surface area contributed by atoms with Gasteiger partial charge in [0, 0.05) is 13.2 Å². The lowest BCUT2D eigenvalue weighted by atomic mass is 10.1. The van der Waals surface area contributed by atoms with Gasteiger partial charge in [0.05, 0.1) is 0 Å². The predicted octanol–water partition coefficient (Wildman–Crippen LogP) is 6.21. The van der Waals surface area contributed by atoms with E-state index >= 15 is 0 Å². The molecule has 30 heavy (non-hydrogen) atoms. The molecule has 0 aliphatic rings. The summed E-state index contributed by atoms with van der Waals surface area (Å²) in [7, 11) is 0. The summed E-state index contributed by atoms with van der Waals surface area (Å²) in [4.78, 5) is 23.0. The van der Waals surface area contributed by atoms with Crippen molar-refractivity contribution >= 4 is 11.9 Å². The Morgan fingerprint density at radius 3 is 1.07 bits per heavy atom. The third kappa shape index (κ3) is 16.6. The quantitative estimate of drug-likeness (QED) is 0.187. The normalized spacial score (nSPS) is 13.3. The van der Waals surface area contributed by atoms with Gasteiger partial charge in [-0.25, -0.2) is 9.59 Å². The van der Waals surface area contributed by atoms with Gasteiger partial charge in [-0.3, -0.25) is 0 Å². The van der Waals surface area contributed by atoms with Gasteiger partial charge in [-0.1, -0.05) is 104 Å². The Morgan fingerprint density at radius 2 is 0.800 bits per heavy atom. The van der Waals surface area contributed by atoms with E-state index in [1.54, 1.807) is 0 Å². The summed E-state index contributed by atoms with van der Waals surface area (Å²) in [6, 6.07) is 0. The summed E-state index contributed by atoms with van der Waals surface area (Å²) in [5.41, 5.74) is 0. The minimum Gasteiger partial charge on any atom is -0.479 e. The van der Waals surface area contributed by atoms with Gasteiger partial charge in [-0.15, -0.1) is 0 Å². The fourth-order valence-electron chi connectivity index (χ4n) is 3.47. The van der Waals surface area contributed by atoms with Gasteiger partial charge >= 0.3 is 11.9 Å². The van der Waals surface area contributed by atoms with E-state index in [-0.39, 0.29) is 13.2 Å². The van der Waals surface area contributed by atoms with Crippen molar-refractivity contribution in [2.75, 3.05) is 13.2 Å². The Balaban J connectivity index is 4.02. The lowest BCUT2D eigenvalue weighted by Gasteiger charge is -2.21. The van der Waals surface area contributed by atoms with E-state index in [9.17, 15) is 19.8 Å². The molecule has 0 bridgehead atoms. The molecule has 0 fully saturated rings. The molecule has 0 radical (unpaired) electrons. The molecule has 178 valence electrons. The maximum atomic E-state index is 11.5. The average molecular weight is 431 g/mol. The molecule has 0 heterocycles. The van der Waals surface area contributed by atoms with Crippen molar-refractivity contribution in [1.82, 2.24) is 0 Å². The fraction of sp³-hybridized carbons (Fsp3) is 0.917. The van der Waals surface area contributed by atoms with E-state index in [4.69, 9.17) is 9.47 Å². The number of hydrogen-bond donors (Lipinski definition) is 2. The minimum atomic E-state index is -1.46. The van der Waals surface area contributed by atoms with E-state index in [2.05, 4.69) is 13.8 Å². The molecule has 0 aromatic carbocycles. The van der Waals surface area contributed by atoms with Crippen molar-refractivity contribution in [3.05, 3.63) is 0 Å². The number of carboxylic acid groups (broad SMARTS) is 2. The summed E-state index contributed by atoms with van der Waals surface area (Å²) in [5, 5.41) is 18.8. The molecule has 6 nitrogen and oxygen atoms in total. The molecule has 0 unspecified atom stereocenters. The van der Waals surface area contributed by atoms with Gasteiger partial charge in [0.15, 0.2) is 12.2 Å². The van der Waals surface area contributed by atoms with Crippen molar-refractivity contribution in [1.29, 1.82) is 0 Å². The number of ether oxygens (including phenoxy) is 2. The summed E-state index contributed by atoms with van der Waals surface area (Å²) in [6.07, 6.45) is 15.1. The van der Waals surface area contributed by atoms with Crippen LogP contribution >= 0.6 is 0 Å². The molecule has 0 aliphatic carbocycles. The van der Waals surface area contributed by atoms with Crippen LogP contribution in [0.2, 0.25) is 0 Å². The second-order valence-electron chi connectivity index (χ2n) is 8.21. The Kier molecular flexibility index (Phi) is 20.3. The van der Waals surface area contributed by atoms with E-state index < -0.39 is 24.1 Å². The van der Waals surface area contributed by atoms with Crippen LogP contribution in [0.3, 0.4) is 0 Å². The zero-order valence-electron chi connectivity index (χ0n) is 19.4. The van der Waals surface area contributed by atoms with Crippen LogP contribution in [0.4, 0.5) is 0 Å². The van der Waals surface area contributed by atoms with Crippen LogP contribution in [-0.2, 0) is 19.1 Å². The highest BCUT2D eigenvalue weighted by molar-refractivity contribution is 5.83. The lowest BCUT2D eigenvalue weighted by Crippen LogP contribution is -2.44. The predicted molar refractivity (Wildman–Crippen MR) is 120 cm³/mol. The third-order valence-electron chi connectivity index (χ3n) is 5.35.